The molecule has 0 aromatic heterocycles. The van der Waals surface area contributed by atoms with Crippen molar-refractivity contribution in [2.75, 3.05) is 18.0 Å². The van der Waals surface area contributed by atoms with E-state index in [0.29, 0.717) is 11.3 Å². The largest absolute Gasteiger partial charge is 0.371 e. The van der Waals surface area contributed by atoms with Gasteiger partial charge in [-0.05, 0) is 36.0 Å². The maximum absolute atomic E-state index is 5.79. The Hall–Kier alpha value is -0.690. The van der Waals surface area contributed by atoms with Crippen LogP contribution in [0.2, 0.25) is 0 Å². The first-order chi connectivity index (χ1) is 7.61. The van der Waals surface area contributed by atoms with E-state index >= 15 is 0 Å². The number of hydrogen-bond acceptors (Lipinski definition) is 1. The Morgan fingerprint density at radius 1 is 1.12 bits per heavy atom. The maximum atomic E-state index is 5.79. The molecule has 88 valence electrons. The molecule has 1 aliphatic heterocycles. The molecular weight excluding hydrogens is 218 g/mol. The standard InChI is InChI=1S/C14H20ClN/c1-14(2)7-9-16(10-8-14)13-5-3-12(11-15)4-6-13/h3-6H,7-11H2,1-2H3. The Bertz CT molecular complexity index is 332. The fraction of sp³-hybridized carbons (Fsp3) is 0.571. The lowest BCUT2D eigenvalue weighted by atomic mass is 9.82. The number of piperidine rings is 1. The van der Waals surface area contributed by atoms with Gasteiger partial charge in [-0.15, -0.1) is 11.6 Å². The van der Waals surface area contributed by atoms with Crippen molar-refractivity contribution in [3.05, 3.63) is 29.8 Å². The second-order valence-corrected chi connectivity index (χ2v) is 5.72. The van der Waals surface area contributed by atoms with Crippen LogP contribution in [0.3, 0.4) is 0 Å². The summed E-state index contributed by atoms with van der Waals surface area (Å²) < 4.78 is 0. The van der Waals surface area contributed by atoms with Crippen LogP contribution in [0.4, 0.5) is 5.69 Å². The highest BCUT2D eigenvalue weighted by Gasteiger charge is 2.25. The molecule has 0 aliphatic carbocycles. The summed E-state index contributed by atoms with van der Waals surface area (Å²) in [6.45, 7) is 7.07. The van der Waals surface area contributed by atoms with E-state index in [-0.39, 0.29) is 0 Å². The number of alkyl halides is 1. The number of halogens is 1. The van der Waals surface area contributed by atoms with Gasteiger partial charge in [0.15, 0.2) is 0 Å². The molecule has 2 heteroatoms. The molecule has 0 atom stereocenters. The number of hydrogen-bond donors (Lipinski definition) is 0. The van der Waals surface area contributed by atoms with E-state index in [9.17, 15) is 0 Å². The molecule has 1 aliphatic rings. The van der Waals surface area contributed by atoms with Crippen molar-refractivity contribution in [1.29, 1.82) is 0 Å². The van der Waals surface area contributed by atoms with Crippen LogP contribution < -0.4 is 4.90 Å². The third kappa shape index (κ3) is 2.70. The first-order valence-corrected chi connectivity index (χ1v) is 6.54. The predicted octanol–water partition coefficient (Wildman–Crippen LogP) is 4.05. The van der Waals surface area contributed by atoms with Gasteiger partial charge in [0.05, 0.1) is 0 Å². The molecule has 1 nitrogen and oxygen atoms in total. The molecule has 0 unspecified atom stereocenters. The van der Waals surface area contributed by atoms with Gasteiger partial charge >= 0.3 is 0 Å². The molecule has 0 bridgehead atoms. The summed E-state index contributed by atoms with van der Waals surface area (Å²) in [5, 5.41) is 0. The maximum Gasteiger partial charge on any atom is 0.0474 e. The first-order valence-electron chi connectivity index (χ1n) is 6.01. The van der Waals surface area contributed by atoms with Crippen LogP contribution in [-0.2, 0) is 5.88 Å². The van der Waals surface area contributed by atoms with E-state index in [4.69, 9.17) is 11.6 Å². The highest BCUT2D eigenvalue weighted by atomic mass is 35.5. The van der Waals surface area contributed by atoms with Gasteiger partial charge in [-0.2, -0.15) is 0 Å². The van der Waals surface area contributed by atoms with Crippen LogP contribution in [0.1, 0.15) is 32.3 Å². The van der Waals surface area contributed by atoms with Gasteiger partial charge in [0.1, 0.15) is 0 Å². The summed E-state index contributed by atoms with van der Waals surface area (Å²) in [6, 6.07) is 8.64. The zero-order chi connectivity index (χ0) is 11.6. The Labute approximate surface area is 103 Å². The van der Waals surface area contributed by atoms with E-state index in [0.717, 1.165) is 0 Å². The van der Waals surface area contributed by atoms with E-state index in [1.165, 1.54) is 37.2 Å². The van der Waals surface area contributed by atoms with Crippen LogP contribution in [0.5, 0.6) is 0 Å². The quantitative estimate of drug-likeness (QED) is 0.702. The monoisotopic (exact) mass is 237 g/mol. The van der Waals surface area contributed by atoms with E-state index in [2.05, 4.69) is 43.0 Å². The van der Waals surface area contributed by atoms with Crippen LogP contribution in [0.15, 0.2) is 24.3 Å². The van der Waals surface area contributed by atoms with Gasteiger partial charge in [-0.3, -0.25) is 0 Å². The average Bonchev–Trinajstić information content (AvgIpc) is 2.29. The second-order valence-electron chi connectivity index (χ2n) is 5.45. The Morgan fingerprint density at radius 2 is 1.69 bits per heavy atom. The average molecular weight is 238 g/mol. The van der Waals surface area contributed by atoms with E-state index in [1.807, 2.05) is 0 Å². The van der Waals surface area contributed by atoms with Crippen molar-refractivity contribution < 1.29 is 0 Å². The molecule has 0 radical (unpaired) electrons. The van der Waals surface area contributed by atoms with Crippen molar-refractivity contribution in [1.82, 2.24) is 0 Å². The molecule has 0 N–H and O–H groups in total. The summed E-state index contributed by atoms with van der Waals surface area (Å²) in [6.07, 6.45) is 2.56. The molecule has 0 amide bonds. The van der Waals surface area contributed by atoms with Crippen LogP contribution >= 0.6 is 11.6 Å². The molecule has 1 aromatic carbocycles. The molecule has 1 aromatic rings. The summed E-state index contributed by atoms with van der Waals surface area (Å²) in [5.41, 5.74) is 3.05. The van der Waals surface area contributed by atoms with Crippen molar-refractivity contribution in [3.8, 4) is 0 Å². The SMILES string of the molecule is CC1(C)CCN(c2ccc(CCl)cc2)CC1. The Morgan fingerprint density at radius 3 is 2.19 bits per heavy atom. The smallest absolute Gasteiger partial charge is 0.0474 e. The normalized spacial score (nSPS) is 19.8. The zero-order valence-corrected chi connectivity index (χ0v) is 10.9. The number of anilines is 1. The lowest BCUT2D eigenvalue weighted by Crippen LogP contribution is -2.37. The molecule has 1 saturated heterocycles. The van der Waals surface area contributed by atoms with Crippen molar-refractivity contribution in [2.45, 2.75) is 32.6 Å². The topological polar surface area (TPSA) is 3.24 Å². The Kier molecular flexibility index (Phi) is 3.44. The molecule has 2 rings (SSSR count). The first kappa shape index (κ1) is 11.8. The lowest BCUT2D eigenvalue weighted by molar-refractivity contribution is 0.280. The number of rotatable bonds is 2. The fourth-order valence-electron chi connectivity index (χ4n) is 2.17. The molecule has 16 heavy (non-hydrogen) atoms. The van der Waals surface area contributed by atoms with Crippen molar-refractivity contribution >= 4 is 17.3 Å². The van der Waals surface area contributed by atoms with Gasteiger partial charge < -0.3 is 4.90 Å². The molecule has 1 heterocycles. The van der Waals surface area contributed by atoms with Gasteiger partial charge in [0.2, 0.25) is 0 Å². The molecule has 0 spiro atoms. The lowest BCUT2D eigenvalue weighted by Gasteiger charge is -2.38. The summed E-state index contributed by atoms with van der Waals surface area (Å²) >= 11 is 5.79. The fourth-order valence-corrected chi connectivity index (χ4v) is 2.34. The summed E-state index contributed by atoms with van der Waals surface area (Å²) in [7, 11) is 0. The van der Waals surface area contributed by atoms with Crippen LogP contribution in [0, 0.1) is 5.41 Å². The third-order valence-electron chi connectivity index (χ3n) is 3.57. The summed E-state index contributed by atoms with van der Waals surface area (Å²) in [4.78, 5) is 2.48. The minimum Gasteiger partial charge on any atom is -0.371 e. The van der Waals surface area contributed by atoms with Gasteiger partial charge in [0, 0.05) is 24.7 Å². The van der Waals surface area contributed by atoms with Crippen LogP contribution in [-0.4, -0.2) is 13.1 Å². The van der Waals surface area contributed by atoms with E-state index < -0.39 is 0 Å². The minimum atomic E-state index is 0.520. The van der Waals surface area contributed by atoms with E-state index in [1.54, 1.807) is 0 Å². The molecule has 0 saturated carbocycles. The molecular formula is C14H20ClN. The predicted molar refractivity (Wildman–Crippen MR) is 71.2 cm³/mol. The van der Waals surface area contributed by atoms with Crippen molar-refractivity contribution in [3.63, 3.8) is 0 Å². The molecule has 1 fully saturated rings. The zero-order valence-electron chi connectivity index (χ0n) is 10.2. The number of benzene rings is 1. The Balaban J connectivity index is 2.03. The minimum absolute atomic E-state index is 0.520. The van der Waals surface area contributed by atoms with Crippen molar-refractivity contribution in [2.24, 2.45) is 5.41 Å². The van der Waals surface area contributed by atoms with Gasteiger partial charge in [0.25, 0.3) is 0 Å². The highest BCUT2D eigenvalue weighted by molar-refractivity contribution is 6.17. The summed E-state index contributed by atoms with van der Waals surface area (Å²) in [5.74, 6) is 0.604. The number of nitrogens with zero attached hydrogens (tertiary/aromatic N) is 1. The van der Waals surface area contributed by atoms with Gasteiger partial charge in [-0.25, -0.2) is 0 Å². The van der Waals surface area contributed by atoms with Gasteiger partial charge in [-0.1, -0.05) is 26.0 Å². The van der Waals surface area contributed by atoms with Crippen LogP contribution in [0.25, 0.3) is 0 Å². The third-order valence-corrected chi connectivity index (χ3v) is 3.88. The highest BCUT2D eigenvalue weighted by Crippen LogP contribution is 2.32. The second kappa shape index (κ2) is 4.67.